The van der Waals surface area contributed by atoms with E-state index < -0.39 is 0 Å². The molecule has 0 aliphatic heterocycles. The van der Waals surface area contributed by atoms with E-state index in [1.54, 1.807) is 0 Å². The predicted molar refractivity (Wildman–Crippen MR) is 52.8 cm³/mol. The van der Waals surface area contributed by atoms with Crippen LogP contribution in [-0.4, -0.2) is 25.0 Å². The number of rotatable bonds is 5. The van der Waals surface area contributed by atoms with Crippen LogP contribution in [-0.2, 0) is 0 Å². The Labute approximate surface area is 76.1 Å². The first-order valence-electron chi connectivity index (χ1n) is 4.86. The van der Waals surface area contributed by atoms with E-state index in [0.29, 0.717) is 0 Å². The van der Waals surface area contributed by atoms with Crippen molar-refractivity contribution in [3.05, 3.63) is 0 Å². The Kier molecular flexibility index (Phi) is 3.62. The molecule has 0 aromatic carbocycles. The normalized spacial score (nSPS) is 27.2. The molecule has 1 fully saturated rings. The first kappa shape index (κ1) is 9.61. The molecule has 0 saturated heterocycles. The fourth-order valence-corrected chi connectivity index (χ4v) is 1.60. The van der Waals surface area contributed by atoms with Gasteiger partial charge in [0.05, 0.1) is 0 Å². The third kappa shape index (κ3) is 3.28. The maximum Gasteiger partial charge on any atom is 0.00982 e. The molecule has 1 aliphatic rings. The Bertz CT molecular complexity index is 168. The van der Waals surface area contributed by atoms with Gasteiger partial charge in [-0.3, -0.25) is 0 Å². The highest BCUT2D eigenvalue weighted by molar-refractivity contribution is 4.86. The number of hydrogen-bond acceptors (Lipinski definition) is 1. The van der Waals surface area contributed by atoms with Gasteiger partial charge in [0.2, 0.25) is 0 Å². The summed E-state index contributed by atoms with van der Waals surface area (Å²) in [5.41, 5.74) is 0. The first-order chi connectivity index (χ1) is 5.74. The molecule has 0 aromatic rings. The van der Waals surface area contributed by atoms with Gasteiger partial charge < -0.3 is 4.90 Å². The van der Waals surface area contributed by atoms with Gasteiger partial charge in [-0.15, -0.1) is 12.3 Å². The average Bonchev–Trinajstić information content (AvgIpc) is 2.67. The fourth-order valence-electron chi connectivity index (χ4n) is 1.60. The van der Waals surface area contributed by atoms with Crippen LogP contribution in [0.1, 0.15) is 26.2 Å². The van der Waals surface area contributed by atoms with Gasteiger partial charge in [0.15, 0.2) is 0 Å². The number of hydrogen-bond donors (Lipinski definition) is 0. The van der Waals surface area contributed by atoms with Gasteiger partial charge in [-0.05, 0) is 38.3 Å². The summed E-state index contributed by atoms with van der Waals surface area (Å²) in [5.74, 6) is 4.62. The molecule has 0 aromatic heterocycles. The van der Waals surface area contributed by atoms with Gasteiger partial charge in [-0.1, -0.05) is 6.92 Å². The topological polar surface area (TPSA) is 3.24 Å². The Morgan fingerprint density at radius 2 is 2.25 bits per heavy atom. The molecular formula is C11H19N. The fraction of sp³-hybridized carbons (Fsp3) is 0.818. The monoisotopic (exact) mass is 165 g/mol. The van der Waals surface area contributed by atoms with Gasteiger partial charge in [-0.25, -0.2) is 0 Å². The zero-order chi connectivity index (χ0) is 8.97. The second kappa shape index (κ2) is 4.52. The van der Waals surface area contributed by atoms with Crippen molar-refractivity contribution in [2.75, 3.05) is 20.1 Å². The molecule has 0 N–H and O–H groups in total. The first-order valence-corrected chi connectivity index (χ1v) is 4.86. The van der Waals surface area contributed by atoms with E-state index in [-0.39, 0.29) is 0 Å². The van der Waals surface area contributed by atoms with Crippen LogP contribution in [0.25, 0.3) is 0 Å². The lowest BCUT2D eigenvalue weighted by Gasteiger charge is -2.15. The van der Waals surface area contributed by atoms with Crippen molar-refractivity contribution < 1.29 is 0 Å². The van der Waals surface area contributed by atoms with Crippen LogP contribution < -0.4 is 0 Å². The molecule has 12 heavy (non-hydrogen) atoms. The van der Waals surface area contributed by atoms with Crippen molar-refractivity contribution in [3.8, 4) is 12.3 Å². The van der Waals surface area contributed by atoms with Crippen molar-refractivity contribution in [1.29, 1.82) is 0 Å². The minimum atomic E-state index is 0.921. The van der Waals surface area contributed by atoms with Crippen molar-refractivity contribution in [1.82, 2.24) is 4.90 Å². The molecule has 0 bridgehead atoms. The molecule has 0 spiro atoms. The summed E-state index contributed by atoms with van der Waals surface area (Å²) in [6, 6.07) is 0. The quantitative estimate of drug-likeness (QED) is 0.445. The maximum atomic E-state index is 5.18. The van der Waals surface area contributed by atoms with Crippen LogP contribution in [0.3, 0.4) is 0 Å². The Morgan fingerprint density at radius 3 is 2.75 bits per heavy atom. The van der Waals surface area contributed by atoms with Crippen LogP contribution in [0.2, 0.25) is 0 Å². The highest BCUT2D eigenvalue weighted by atomic mass is 15.1. The molecule has 1 saturated carbocycles. The van der Waals surface area contributed by atoms with Crippen molar-refractivity contribution in [3.63, 3.8) is 0 Å². The van der Waals surface area contributed by atoms with E-state index in [2.05, 4.69) is 24.8 Å². The van der Waals surface area contributed by atoms with Gasteiger partial charge >= 0.3 is 0 Å². The van der Waals surface area contributed by atoms with E-state index in [9.17, 15) is 0 Å². The van der Waals surface area contributed by atoms with Crippen molar-refractivity contribution >= 4 is 0 Å². The lowest BCUT2D eigenvalue weighted by Crippen LogP contribution is -2.22. The smallest absolute Gasteiger partial charge is 0.00982 e. The Morgan fingerprint density at radius 1 is 1.58 bits per heavy atom. The summed E-state index contributed by atoms with van der Waals surface area (Å²) in [6.07, 6.45) is 8.68. The molecule has 1 rings (SSSR count). The second-order valence-corrected chi connectivity index (χ2v) is 4.04. The predicted octanol–water partition coefficient (Wildman–Crippen LogP) is 1.99. The molecule has 1 aliphatic carbocycles. The maximum absolute atomic E-state index is 5.18. The Hall–Kier alpha value is -0.480. The zero-order valence-electron chi connectivity index (χ0n) is 8.21. The van der Waals surface area contributed by atoms with Gasteiger partial charge in [0.1, 0.15) is 0 Å². The summed E-state index contributed by atoms with van der Waals surface area (Å²) in [4.78, 5) is 2.41. The second-order valence-electron chi connectivity index (χ2n) is 4.04. The minimum Gasteiger partial charge on any atom is -0.306 e. The number of unbranched alkanes of at least 4 members (excludes halogenated alkanes) is 1. The molecular weight excluding hydrogens is 146 g/mol. The standard InChI is InChI=1S/C11H19N/c1-4-5-6-7-12(3)9-11-8-10(11)2/h1,10-11H,5-9H2,2-3H3. The zero-order valence-corrected chi connectivity index (χ0v) is 8.21. The Balaban J connectivity index is 1.97. The average molecular weight is 165 g/mol. The summed E-state index contributed by atoms with van der Waals surface area (Å²) in [7, 11) is 2.20. The highest BCUT2D eigenvalue weighted by Gasteiger charge is 2.32. The number of terminal acetylenes is 1. The molecule has 68 valence electrons. The third-order valence-corrected chi connectivity index (χ3v) is 2.68. The summed E-state index contributed by atoms with van der Waals surface area (Å²) >= 11 is 0. The van der Waals surface area contributed by atoms with E-state index in [1.807, 2.05) is 0 Å². The molecule has 1 heteroatoms. The third-order valence-electron chi connectivity index (χ3n) is 2.68. The van der Waals surface area contributed by atoms with Crippen LogP contribution in [0.5, 0.6) is 0 Å². The van der Waals surface area contributed by atoms with Crippen LogP contribution in [0.15, 0.2) is 0 Å². The molecule has 0 radical (unpaired) electrons. The van der Waals surface area contributed by atoms with Crippen LogP contribution in [0.4, 0.5) is 0 Å². The largest absolute Gasteiger partial charge is 0.306 e. The molecule has 1 nitrogen and oxygen atoms in total. The van der Waals surface area contributed by atoms with E-state index in [1.165, 1.54) is 13.0 Å². The summed E-state index contributed by atoms with van der Waals surface area (Å²) < 4.78 is 0. The summed E-state index contributed by atoms with van der Waals surface area (Å²) in [6.45, 7) is 4.76. The SMILES string of the molecule is C#CCCCN(C)CC1CC1C. The van der Waals surface area contributed by atoms with E-state index >= 15 is 0 Å². The van der Waals surface area contributed by atoms with Gasteiger partial charge in [-0.2, -0.15) is 0 Å². The van der Waals surface area contributed by atoms with E-state index in [4.69, 9.17) is 6.42 Å². The van der Waals surface area contributed by atoms with Crippen molar-refractivity contribution in [2.45, 2.75) is 26.2 Å². The molecule has 0 heterocycles. The van der Waals surface area contributed by atoms with E-state index in [0.717, 1.165) is 31.2 Å². The van der Waals surface area contributed by atoms with Crippen LogP contribution >= 0.6 is 0 Å². The summed E-state index contributed by atoms with van der Waals surface area (Å²) in [5, 5.41) is 0. The molecule has 2 atom stereocenters. The lowest BCUT2D eigenvalue weighted by molar-refractivity contribution is 0.312. The van der Waals surface area contributed by atoms with Crippen LogP contribution in [0, 0.1) is 24.2 Å². The van der Waals surface area contributed by atoms with Gasteiger partial charge in [0.25, 0.3) is 0 Å². The van der Waals surface area contributed by atoms with Gasteiger partial charge in [0, 0.05) is 13.0 Å². The molecule has 2 unspecified atom stereocenters. The lowest BCUT2D eigenvalue weighted by atomic mass is 10.3. The van der Waals surface area contributed by atoms with Crippen molar-refractivity contribution in [2.24, 2.45) is 11.8 Å². The number of nitrogens with zero attached hydrogens (tertiary/aromatic N) is 1. The highest BCUT2D eigenvalue weighted by Crippen LogP contribution is 2.37. The minimum absolute atomic E-state index is 0.921. The molecule has 0 amide bonds.